The molecule has 22 heavy (non-hydrogen) atoms. The van der Waals surface area contributed by atoms with Crippen molar-refractivity contribution in [3.63, 3.8) is 0 Å². The van der Waals surface area contributed by atoms with Crippen molar-refractivity contribution < 1.29 is 0 Å². The van der Waals surface area contributed by atoms with Gasteiger partial charge in [-0.15, -0.1) is 0 Å². The zero-order chi connectivity index (χ0) is 14.9. The molecule has 108 valence electrons. The number of thiophene rings is 1. The van der Waals surface area contributed by atoms with Crippen LogP contribution in [0.25, 0.3) is 0 Å². The van der Waals surface area contributed by atoms with Crippen LogP contribution in [0.2, 0.25) is 0 Å². The second-order valence-electron chi connectivity index (χ2n) is 5.12. The van der Waals surface area contributed by atoms with Crippen LogP contribution in [0.1, 0.15) is 5.56 Å². The summed E-state index contributed by atoms with van der Waals surface area (Å²) in [4.78, 5) is 7.21. The molecule has 0 N–H and O–H groups in total. The van der Waals surface area contributed by atoms with Crippen LogP contribution in [0.3, 0.4) is 0 Å². The lowest BCUT2D eigenvalue weighted by molar-refractivity contribution is 1.18. The molecule has 4 rings (SSSR count). The summed E-state index contributed by atoms with van der Waals surface area (Å²) >= 11 is 4.04. The third-order valence-corrected chi connectivity index (χ3v) is 5.11. The van der Waals surface area contributed by atoms with Gasteiger partial charge < -0.3 is 4.90 Å². The van der Waals surface area contributed by atoms with E-state index >= 15 is 0 Å². The Bertz CT molecular complexity index is 823. The second-order valence-corrected chi connectivity index (χ2v) is 7.15. The number of fused-ring (bicyclic) bond motifs is 1. The number of nitrogens with zero attached hydrogens (tertiary/aromatic N) is 2. The Kier molecular flexibility index (Phi) is 3.72. The van der Waals surface area contributed by atoms with Crippen molar-refractivity contribution in [3.8, 4) is 0 Å². The van der Waals surface area contributed by atoms with Gasteiger partial charge in [0, 0.05) is 14.5 Å². The first-order valence-electron chi connectivity index (χ1n) is 7.03. The van der Waals surface area contributed by atoms with Gasteiger partial charge in [-0.25, -0.2) is 0 Å². The number of hydrogen-bond acceptors (Lipinski definition) is 3. The quantitative estimate of drug-likeness (QED) is 0.495. The van der Waals surface area contributed by atoms with Crippen LogP contribution in [-0.2, 0) is 0 Å². The van der Waals surface area contributed by atoms with Crippen LogP contribution in [-0.4, -0.2) is 12.3 Å². The van der Waals surface area contributed by atoms with Gasteiger partial charge in [0.05, 0.1) is 29.3 Å². The molecule has 0 unspecified atom stereocenters. The highest BCUT2D eigenvalue weighted by Gasteiger charge is 2.25. The molecule has 1 aliphatic heterocycles. The number of aliphatic imine (C=N–C) groups is 1. The molecular weight excluding hydrogens is 403 g/mol. The molecular formula is C18H13IN2S. The highest BCUT2D eigenvalue weighted by molar-refractivity contribution is 14.1. The van der Waals surface area contributed by atoms with Gasteiger partial charge in [0.1, 0.15) is 0 Å². The maximum atomic E-state index is 4.88. The second kappa shape index (κ2) is 5.85. The van der Waals surface area contributed by atoms with Crippen LogP contribution >= 0.6 is 33.9 Å². The van der Waals surface area contributed by atoms with E-state index in [0.29, 0.717) is 0 Å². The van der Waals surface area contributed by atoms with E-state index in [1.54, 1.807) is 11.3 Å². The van der Waals surface area contributed by atoms with E-state index < -0.39 is 0 Å². The summed E-state index contributed by atoms with van der Waals surface area (Å²) in [7, 11) is 0. The van der Waals surface area contributed by atoms with Gasteiger partial charge in [-0.05, 0) is 64.4 Å². The van der Waals surface area contributed by atoms with Crippen molar-refractivity contribution in [2.45, 2.75) is 0 Å². The third kappa shape index (κ3) is 2.57. The smallest absolute Gasteiger partial charge is 0.0701 e. The van der Waals surface area contributed by atoms with E-state index in [1.165, 1.54) is 20.5 Å². The third-order valence-electron chi connectivity index (χ3n) is 3.72. The Hall–Kier alpha value is -1.66. The minimum atomic E-state index is 0.821. The molecule has 2 heterocycles. The molecule has 0 saturated carbocycles. The van der Waals surface area contributed by atoms with Gasteiger partial charge in [-0.2, -0.15) is 11.3 Å². The molecule has 0 atom stereocenters. The van der Waals surface area contributed by atoms with E-state index in [9.17, 15) is 0 Å². The lowest BCUT2D eigenvalue weighted by Crippen LogP contribution is -2.15. The summed E-state index contributed by atoms with van der Waals surface area (Å²) in [6, 6.07) is 19.0. The Morgan fingerprint density at radius 1 is 1.00 bits per heavy atom. The molecule has 0 saturated heterocycles. The molecule has 0 aliphatic carbocycles. The highest BCUT2D eigenvalue weighted by atomic mass is 127. The van der Waals surface area contributed by atoms with Gasteiger partial charge in [0.15, 0.2) is 0 Å². The van der Waals surface area contributed by atoms with Crippen molar-refractivity contribution in [3.05, 3.63) is 74.5 Å². The van der Waals surface area contributed by atoms with Crippen molar-refractivity contribution in [1.29, 1.82) is 0 Å². The predicted molar refractivity (Wildman–Crippen MR) is 103 cm³/mol. The van der Waals surface area contributed by atoms with Gasteiger partial charge in [-0.3, -0.25) is 4.99 Å². The van der Waals surface area contributed by atoms with Crippen LogP contribution < -0.4 is 4.90 Å². The number of benzene rings is 2. The Labute approximate surface area is 147 Å². The van der Waals surface area contributed by atoms with Crippen molar-refractivity contribution in [2.24, 2.45) is 4.99 Å². The SMILES string of the molecule is Ic1ccc(N=C2CN(c3ccsc3)c3ccccc32)cc1. The minimum absolute atomic E-state index is 0.821. The molecule has 4 heteroatoms. The number of anilines is 2. The van der Waals surface area contributed by atoms with E-state index in [1.807, 2.05) is 0 Å². The molecule has 2 nitrogen and oxygen atoms in total. The molecule has 2 aromatic carbocycles. The van der Waals surface area contributed by atoms with Crippen LogP contribution in [0.4, 0.5) is 17.1 Å². The van der Waals surface area contributed by atoms with Crippen molar-refractivity contribution >= 4 is 56.7 Å². The lowest BCUT2D eigenvalue weighted by atomic mass is 10.1. The minimum Gasteiger partial charge on any atom is -0.334 e. The Balaban J connectivity index is 1.77. The number of halogens is 1. The number of rotatable bonds is 2. The summed E-state index contributed by atoms with van der Waals surface area (Å²) in [5, 5.41) is 4.30. The molecule has 1 aromatic heterocycles. The summed E-state index contributed by atoms with van der Waals surface area (Å²) in [6.45, 7) is 0.821. The standard InChI is InChI=1S/C18H13IN2S/c19-13-5-7-14(8-6-13)20-17-11-21(15-9-10-22-12-15)18-4-2-1-3-16(17)18/h1-10,12H,11H2. The lowest BCUT2D eigenvalue weighted by Gasteiger charge is -2.16. The molecule has 0 radical (unpaired) electrons. The average molecular weight is 416 g/mol. The summed E-state index contributed by atoms with van der Waals surface area (Å²) in [5.41, 5.74) is 5.85. The monoisotopic (exact) mass is 416 g/mol. The summed E-state index contributed by atoms with van der Waals surface area (Å²) in [5.74, 6) is 0. The van der Waals surface area contributed by atoms with Crippen LogP contribution in [0.15, 0.2) is 70.3 Å². The van der Waals surface area contributed by atoms with Gasteiger partial charge in [-0.1, -0.05) is 18.2 Å². The highest BCUT2D eigenvalue weighted by Crippen LogP contribution is 2.36. The Morgan fingerprint density at radius 3 is 2.59 bits per heavy atom. The average Bonchev–Trinajstić information content (AvgIpc) is 3.18. The molecule has 0 bridgehead atoms. The first-order chi connectivity index (χ1) is 10.8. The summed E-state index contributed by atoms with van der Waals surface area (Å²) < 4.78 is 1.23. The predicted octanol–water partition coefficient (Wildman–Crippen LogP) is 5.63. The van der Waals surface area contributed by atoms with Crippen LogP contribution in [0.5, 0.6) is 0 Å². The van der Waals surface area contributed by atoms with Crippen LogP contribution in [0, 0.1) is 3.57 Å². The first-order valence-corrected chi connectivity index (χ1v) is 9.06. The van der Waals surface area contributed by atoms with Gasteiger partial charge >= 0.3 is 0 Å². The zero-order valence-corrected chi connectivity index (χ0v) is 14.7. The fraction of sp³-hybridized carbons (Fsp3) is 0.0556. The summed E-state index contributed by atoms with van der Waals surface area (Å²) in [6.07, 6.45) is 0. The molecule has 3 aromatic rings. The maximum Gasteiger partial charge on any atom is 0.0701 e. The molecule has 1 aliphatic rings. The topological polar surface area (TPSA) is 15.6 Å². The number of hydrogen-bond donors (Lipinski definition) is 0. The largest absolute Gasteiger partial charge is 0.334 e. The van der Waals surface area contributed by atoms with Crippen molar-refractivity contribution in [1.82, 2.24) is 0 Å². The fourth-order valence-corrected chi connectivity index (χ4v) is 3.68. The first kappa shape index (κ1) is 14.0. The Morgan fingerprint density at radius 2 is 1.82 bits per heavy atom. The molecule has 0 amide bonds. The zero-order valence-electron chi connectivity index (χ0n) is 11.7. The van der Waals surface area contributed by atoms with E-state index in [2.05, 4.69) is 92.8 Å². The fourth-order valence-electron chi connectivity index (χ4n) is 2.68. The molecule has 0 spiro atoms. The van der Waals surface area contributed by atoms with E-state index in [0.717, 1.165) is 17.9 Å². The molecule has 0 fully saturated rings. The van der Waals surface area contributed by atoms with Gasteiger partial charge in [0.25, 0.3) is 0 Å². The van der Waals surface area contributed by atoms with Gasteiger partial charge in [0.2, 0.25) is 0 Å². The van der Waals surface area contributed by atoms with Crippen molar-refractivity contribution in [2.75, 3.05) is 11.4 Å². The number of para-hydroxylation sites is 1. The van der Waals surface area contributed by atoms with E-state index in [4.69, 9.17) is 4.99 Å². The van der Waals surface area contributed by atoms with E-state index in [-0.39, 0.29) is 0 Å². The normalized spacial score (nSPS) is 15.3. The maximum absolute atomic E-state index is 4.88.